The molecule has 1 amide bonds. The number of aromatic nitrogens is 1. The molecule has 0 atom stereocenters. The number of nitrogen functional groups attached to an aromatic ring is 1. The summed E-state index contributed by atoms with van der Waals surface area (Å²) in [5.41, 5.74) is 7.02. The average Bonchev–Trinajstić information content (AvgIpc) is 2.48. The Bertz CT molecular complexity index is 450. The van der Waals surface area contributed by atoms with Crippen LogP contribution < -0.4 is 5.73 Å². The summed E-state index contributed by atoms with van der Waals surface area (Å²) in [7, 11) is 0. The van der Waals surface area contributed by atoms with E-state index in [2.05, 4.69) is 23.7 Å². The number of anilines is 1. The molecule has 0 saturated carbocycles. The lowest BCUT2D eigenvalue weighted by Crippen LogP contribution is -2.49. The molecule has 0 unspecified atom stereocenters. The molecule has 5 heteroatoms. The van der Waals surface area contributed by atoms with Gasteiger partial charge in [0.15, 0.2) is 0 Å². The van der Waals surface area contributed by atoms with Gasteiger partial charge in [0.2, 0.25) is 5.91 Å². The number of carbonyl (C=O) groups excluding carboxylic acids is 1. The zero-order chi connectivity index (χ0) is 15.2. The van der Waals surface area contributed by atoms with E-state index in [4.69, 9.17) is 5.73 Å². The van der Waals surface area contributed by atoms with Crippen molar-refractivity contribution in [3.05, 3.63) is 24.0 Å². The Labute approximate surface area is 127 Å². The van der Waals surface area contributed by atoms with Gasteiger partial charge >= 0.3 is 0 Å². The Hall–Kier alpha value is -1.62. The van der Waals surface area contributed by atoms with Gasteiger partial charge in [-0.15, -0.1) is 0 Å². The number of hydrogen-bond acceptors (Lipinski definition) is 4. The molecule has 1 aliphatic heterocycles. The minimum Gasteiger partial charge on any atom is -0.397 e. The van der Waals surface area contributed by atoms with Gasteiger partial charge in [0.1, 0.15) is 0 Å². The predicted molar refractivity (Wildman–Crippen MR) is 84.8 cm³/mol. The van der Waals surface area contributed by atoms with Crippen LogP contribution in [-0.4, -0.2) is 53.4 Å². The molecular formula is C16H26N4O. The summed E-state index contributed by atoms with van der Waals surface area (Å²) < 4.78 is 0. The maximum Gasteiger partial charge on any atom is 0.228 e. The predicted octanol–water partition coefficient (Wildman–Crippen LogP) is 1.40. The van der Waals surface area contributed by atoms with Crippen molar-refractivity contribution in [3.63, 3.8) is 0 Å². The molecule has 5 nitrogen and oxygen atoms in total. The number of hydrogen-bond donors (Lipinski definition) is 1. The van der Waals surface area contributed by atoms with Crippen molar-refractivity contribution in [2.24, 2.45) is 5.92 Å². The van der Waals surface area contributed by atoms with Gasteiger partial charge in [-0.25, -0.2) is 0 Å². The number of nitrogens with zero attached hydrogens (tertiary/aromatic N) is 3. The Morgan fingerprint density at radius 3 is 2.57 bits per heavy atom. The molecule has 0 bridgehead atoms. The van der Waals surface area contributed by atoms with Gasteiger partial charge in [-0.1, -0.05) is 13.8 Å². The third-order valence-corrected chi connectivity index (χ3v) is 3.93. The fourth-order valence-electron chi connectivity index (χ4n) is 2.47. The first-order chi connectivity index (χ1) is 10.0. The van der Waals surface area contributed by atoms with Crippen molar-refractivity contribution >= 4 is 11.6 Å². The summed E-state index contributed by atoms with van der Waals surface area (Å²) in [6.07, 6.45) is 3.20. The Morgan fingerprint density at radius 2 is 2.00 bits per heavy atom. The lowest BCUT2D eigenvalue weighted by atomic mass is 10.1. The lowest BCUT2D eigenvalue weighted by molar-refractivity contribution is -0.132. The van der Waals surface area contributed by atoms with E-state index >= 15 is 0 Å². The van der Waals surface area contributed by atoms with Crippen LogP contribution in [0, 0.1) is 5.92 Å². The van der Waals surface area contributed by atoms with Gasteiger partial charge in [-0.3, -0.25) is 14.7 Å². The van der Waals surface area contributed by atoms with Crippen LogP contribution in [0.2, 0.25) is 0 Å². The molecule has 1 saturated heterocycles. The van der Waals surface area contributed by atoms with Crippen LogP contribution in [0.25, 0.3) is 0 Å². The van der Waals surface area contributed by atoms with E-state index in [0.29, 0.717) is 12.1 Å². The van der Waals surface area contributed by atoms with Crippen molar-refractivity contribution in [2.75, 3.05) is 38.5 Å². The Kier molecular flexibility index (Phi) is 5.56. The molecule has 1 aliphatic rings. The molecule has 2 heterocycles. The van der Waals surface area contributed by atoms with Crippen LogP contribution in [0.1, 0.15) is 26.0 Å². The summed E-state index contributed by atoms with van der Waals surface area (Å²) >= 11 is 0. The smallest absolute Gasteiger partial charge is 0.228 e. The van der Waals surface area contributed by atoms with Gasteiger partial charge in [0, 0.05) is 31.9 Å². The first-order valence-corrected chi connectivity index (χ1v) is 7.75. The van der Waals surface area contributed by atoms with Crippen LogP contribution in [0.15, 0.2) is 18.3 Å². The van der Waals surface area contributed by atoms with E-state index in [9.17, 15) is 4.79 Å². The second kappa shape index (κ2) is 7.41. The average molecular weight is 290 g/mol. The fraction of sp³-hybridized carbons (Fsp3) is 0.625. The first kappa shape index (κ1) is 15.8. The van der Waals surface area contributed by atoms with Crippen molar-refractivity contribution in [2.45, 2.75) is 26.7 Å². The molecule has 21 heavy (non-hydrogen) atoms. The maximum atomic E-state index is 12.3. The largest absolute Gasteiger partial charge is 0.397 e. The van der Waals surface area contributed by atoms with Crippen LogP contribution in [-0.2, 0) is 11.2 Å². The molecule has 2 rings (SSSR count). The molecule has 116 valence electrons. The standard InChI is InChI=1S/C16H26N4O/c1-13(2)5-6-19-7-9-20(10-8-19)16(21)11-15-4-3-14(17)12-18-15/h3-4,12-13H,5-11,17H2,1-2H3. The topological polar surface area (TPSA) is 62.5 Å². The third-order valence-electron chi connectivity index (χ3n) is 3.93. The van der Waals surface area contributed by atoms with E-state index in [0.717, 1.165) is 44.3 Å². The second-order valence-corrected chi connectivity index (χ2v) is 6.16. The minimum atomic E-state index is 0.163. The third kappa shape index (κ3) is 5.01. The summed E-state index contributed by atoms with van der Waals surface area (Å²) in [5, 5.41) is 0. The van der Waals surface area contributed by atoms with Crippen LogP contribution >= 0.6 is 0 Å². The second-order valence-electron chi connectivity index (χ2n) is 6.16. The molecule has 0 aliphatic carbocycles. The van der Waals surface area contributed by atoms with E-state index in [1.807, 2.05) is 11.0 Å². The molecule has 0 radical (unpaired) electrons. The summed E-state index contributed by atoms with van der Waals surface area (Å²) in [6, 6.07) is 3.62. The van der Waals surface area contributed by atoms with Crippen molar-refractivity contribution in [3.8, 4) is 0 Å². The molecule has 1 aromatic heterocycles. The molecule has 1 aromatic rings. The van der Waals surface area contributed by atoms with Crippen molar-refractivity contribution in [1.82, 2.24) is 14.8 Å². The van der Waals surface area contributed by atoms with E-state index in [-0.39, 0.29) is 5.91 Å². The van der Waals surface area contributed by atoms with E-state index < -0.39 is 0 Å². The Balaban J connectivity index is 1.76. The van der Waals surface area contributed by atoms with E-state index in [1.165, 1.54) is 6.42 Å². The van der Waals surface area contributed by atoms with Gasteiger partial charge in [0.05, 0.1) is 18.3 Å². The van der Waals surface area contributed by atoms with Gasteiger partial charge < -0.3 is 10.6 Å². The number of piperazine rings is 1. The lowest BCUT2D eigenvalue weighted by Gasteiger charge is -2.35. The Morgan fingerprint density at radius 1 is 1.29 bits per heavy atom. The highest BCUT2D eigenvalue weighted by Gasteiger charge is 2.21. The fourth-order valence-corrected chi connectivity index (χ4v) is 2.47. The number of amides is 1. The zero-order valence-electron chi connectivity index (χ0n) is 13.1. The summed E-state index contributed by atoms with van der Waals surface area (Å²) in [4.78, 5) is 20.9. The molecule has 1 fully saturated rings. The first-order valence-electron chi connectivity index (χ1n) is 7.75. The quantitative estimate of drug-likeness (QED) is 0.890. The maximum absolute atomic E-state index is 12.3. The molecule has 0 aromatic carbocycles. The zero-order valence-corrected chi connectivity index (χ0v) is 13.1. The van der Waals surface area contributed by atoms with Gasteiger partial charge in [-0.2, -0.15) is 0 Å². The normalized spacial score (nSPS) is 16.4. The van der Waals surface area contributed by atoms with Crippen LogP contribution in [0.4, 0.5) is 5.69 Å². The summed E-state index contributed by atoms with van der Waals surface area (Å²) in [6.45, 7) is 9.25. The van der Waals surface area contributed by atoms with Gasteiger partial charge in [-0.05, 0) is 31.0 Å². The minimum absolute atomic E-state index is 0.163. The number of carbonyl (C=O) groups is 1. The summed E-state index contributed by atoms with van der Waals surface area (Å²) in [5.74, 6) is 0.900. The van der Waals surface area contributed by atoms with Gasteiger partial charge in [0.25, 0.3) is 0 Å². The van der Waals surface area contributed by atoms with Crippen molar-refractivity contribution < 1.29 is 4.79 Å². The highest BCUT2D eigenvalue weighted by molar-refractivity contribution is 5.78. The molecule has 0 spiro atoms. The SMILES string of the molecule is CC(C)CCN1CCN(C(=O)Cc2ccc(N)cn2)CC1. The molecule has 2 N–H and O–H groups in total. The number of nitrogens with two attached hydrogens (primary N) is 1. The number of rotatable bonds is 5. The van der Waals surface area contributed by atoms with Crippen molar-refractivity contribution in [1.29, 1.82) is 0 Å². The highest BCUT2D eigenvalue weighted by Crippen LogP contribution is 2.09. The van der Waals surface area contributed by atoms with Crippen LogP contribution in [0.5, 0.6) is 0 Å². The molecular weight excluding hydrogens is 264 g/mol. The monoisotopic (exact) mass is 290 g/mol. The van der Waals surface area contributed by atoms with E-state index in [1.54, 1.807) is 12.3 Å². The highest BCUT2D eigenvalue weighted by atomic mass is 16.2. The number of pyridine rings is 1. The van der Waals surface area contributed by atoms with Crippen LogP contribution in [0.3, 0.4) is 0 Å².